The molecule has 1 heterocycles. The highest BCUT2D eigenvalue weighted by atomic mass is 127. The van der Waals surface area contributed by atoms with Crippen molar-refractivity contribution < 1.29 is 0 Å². The Morgan fingerprint density at radius 1 is 1.50 bits per heavy atom. The highest BCUT2D eigenvalue weighted by Gasteiger charge is 1.96. The lowest BCUT2D eigenvalue weighted by atomic mass is 10.4. The van der Waals surface area contributed by atoms with Crippen molar-refractivity contribution in [1.82, 2.24) is 4.98 Å². The molecule has 1 aromatic rings. The first kappa shape index (κ1) is 8.56. The van der Waals surface area contributed by atoms with Crippen LogP contribution in [0.4, 0.5) is 0 Å². The Morgan fingerprint density at radius 2 is 2.20 bits per heavy atom. The van der Waals surface area contributed by atoms with Crippen molar-refractivity contribution >= 4 is 45.8 Å². The van der Waals surface area contributed by atoms with Gasteiger partial charge in [0, 0.05) is 5.02 Å². The predicted molar refractivity (Wildman–Crippen MR) is 51.5 cm³/mol. The van der Waals surface area contributed by atoms with Gasteiger partial charge in [0.25, 0.3) is 0 Å². The molecule has 0 aliphatic rings. The molecule has 0 aliphatic carbocycles. The Hall–Kier alpha value is 0.460. The minimum absolute atomic E-state index is 0.413. The number of aromatic nitrogens is 1. The molecule has 0 aliphatic heterocycles. The van der Waals surface area contributed by atoms with E-state index >= 15 is 0 Å². The van der Waals surface area contributed by atoms with Gasteiger partial charge >= 0.3 is 0 Å². The van der Waals surface area contributed by atoms with E-state index in [0.717, 1.165) is 9.39 Å². The van der Waals surface area contributed by atoms with Crippen LogP contribution in [0.3, 0.4) is 0 Å². The summed E-state index contributed by atoms with van der Waals surface area (Å²) in [4.78, 5) is 4.12. The maximum absolute atomic E-state index is 5.73. The number of hydrogen-bond acceptors (Lipinski definition) is 1. The molecular weight excluding hydrogens is 284 g/mol. The number of hydrogen-bond donors (Lipinski definition) is 0. The lowest BCUT2D eigenvalue weighted by Crippen LogP contribution is -1.87. The van der Waals surface area contributed by atoms with Crippen molar-refractivity contribution in [3.8, 4) is 0 Å². The number of pyridine rings is 1. The number of rotatable bonds is 1. The first-order valence-corrected chi connectivity index (χ1v) is 4.59. The third-order valence-electron chi connectivity index (χ3n) is 0.949. The monoisotopic (exact) mass is 287 g/mol. The van der Waals surface area contributed by atoms with E-state index in [1.165, 1.54) is 0 Å². The third-order valence-corrected chi connectivity index (χ3v) is 1.99. The molecule has 0 radical (unpaired) electrons. The van der Waals surface area contributed by atoms with Gasteiger partial charge in [0.15, 0.2) is 0 Å². The van der Waals surface area contributed by atoms with E-state index in [1.807, 2.05) is 0 Å². The minimum atomic E-state index is 0.413. The minimum Gasteiger partial charge on any atom is -0.246 e. The van der Waals surface area contributed by atoms with Gasteiger partial charge in [-0.3, -0.25) is 0 Å². The first-order chi connectivity index (χ1) is 4.72. The summed E-state index contributed by atoms with van der Waals surface area (Å²) in [6, 6.07) is 3.55. The second kappa shape index (κ2) is 3.74. The number of alkyl halides is 1. The van der Waals surface area contributed by atoms with Crippen LogP contribution in [0.1, 0.15) is 5.69 Å². The summed E-state index contributed by atoms with van der Waals surface area (Å²) in [5, 5.41) is 0.690. The quantitative estimate of drug-likeness (QED) is 0.439. The van der Waals surface area contributed by atoms with E-state index in [-0.39, 0.29) is 0 Å². The molecule has 54 valence electrons. The average Bonchev–Trinajstić information content (AvgIpc) is 1.85. The van der Waals surface area contributed by atoms with Gasteiger partial charge in [-0.05, 0) is 34.7 Å². The molecule has 0 saturated carbocycles. The van der Waals surface area contributed by atoms with Gasteiger partial charge in [0.1, 0.15) is 3.70 Å². The van der Waals surface area contributed by atoms with Crippen LogP contribution in [0.15, 0.2) is 12.1 Å². The molecular formula is C6H4Cl2IN. The predicted octanol–water partition coefficient (Wildman–Crippen LogP) is 3.08. The van der Waals surface area contributed by atoms with Gasteiger partial charge in [-0.15, -0.1) is 11.6 Å². The summed E-state index contributed by atoms with van der Waals surface area (Å²) in [5.74, 6) is 0.413. The topological polar surface area (TPSA) is 12.9 Å². The van der Waals surface area contributed by atoms with E-state index < -0.39 is 0 Å². The van der Waals surface area contributed by atoms with E-state index in [9.17, 15) is 0 Å². The van der Waals surface area contributed by atoms with Crippen molar-refractivity contribution in [3.63, 3.8) is 0 Å². The number of nitrogens with zero attached hydrogens (tertiary/aromatic N) is 1. The van der Waals surface area contributed by atoms with Crippen molar-refractivity contribution in [2.24, 2.45) is 0 Å². The van der Waals surface area contributed by atoms with Crippen LogP contribution in [0, 0.1) is 3.70 Å². The van der Waals surface area contributed by atoms with Gasteiger partial charge in [0.05, 0.1) is 11.6 Å². The highest BCUT2D eigenvalue weighted by Crippen LogP contribution is 2.14. The molecule has 0 bridgehead atoms. The fourth-order valence-corrected chi connectivity index (χ4v) is 1.78. The SMILES string of the molecule is ClCc1cc(Cl)cc(I)n1. The van der Waals surface area contributed by atoms with Crippen LogP contribution in [0.25, 0.3) is 0 Å². The average molecular weight is 288 g/mol. The molecule has 0 saturated heterocycles. The van der Waals surface area contributed by atoms with Crippen LogP contribution in [0.2, 0.25) is 5.02 Å². The molecule has 0 aromatic carbocycles. The van der Waals surface area contributed by atoms with Crippen LogP contribution >= 0.6 is 45.8 Å². The molecule has 0 amide bonds. The molecule has 4 heteroatoms. The molecule has 1 rings (SSSR count). The van der Waals surface area contributed by atoms with Crippen molar-refractivity contribution in [3.05, 3.63) is 26.5 Å². The summed E-state index contributed by atoms with van der Waals surface area (Å²) in [7, 11) is 0. The highest BCUT2D eigenvalue weighted by molar-refractivity contribution is 14.1. The molecule has 1 nitrogen and oxygen atoms in total. The normalized spacial score (nSPS) is 9.90. The molecule has 0 spiro atoms. The maximum atomic E-state index is 5.73. The second-order valence-corrected chi connectivity index (χ2v) is 3.54. The van der Waals surface area contributed by atoms with E-state index in [2.05, 4.69) is 27.6 Å². The fraction of sp³-hybridized carbons (Fsp3) is 0.167. The molecule has 0 fully saturated rings. The Labute approximate surface area is 82.9 Å². The molecule has 1 aromatic heterocycles. The summed E-state index contributed by atoms with van der Waals surface area (Å²) in [6.07, 6.45) is 0. The fourth-order valence-electron chi connectivity index (χ4n) is 0.585. The molecule has 0 unspecified atom stereocenters. The van der Waals surface area contributed by atoms with Gasteiger partial charge in [-0.2, -0.15) is 0 Å². The smallest absolute Gasteiger partial charge is 0.103 e. The Balaban J connectivity index is 3.06. The van der Waals surface area contributed by atoms with Crippen LogP contribution < -0.4 is 0 Å². The van der Waals surface area contributed by atoms with Crippen LogP contribution in [0.5, 0.6) is 0 Å². The van der Waals surface area contributed by atoms with E-state index in [1.54, 1.807) is 12.1 Å². The van der Waals surface area contributed by atoms with Crippen LogP contribution in [-0.4, -0.2) is 4.98 Å². The van der Waals surface area contributed by atoms with Crippen molar-refractivity contribution in [2.75, 3.05) is 0 Å². The summed E-state index contributed by atoms with van der Waals surface area (Å²) < 4.78 is 0.876. The zero-order chi connectivity index (χ0) is 7.56. The second-order valence-electron chi connectivity index (χ2n) is 1.73. The van der Waals surface area contributed by atoms with Gasteiger partial charge in [0.2, 0.25) is 0 Å². The Kier molecular flexibility index (Phi) is 3.20. The molecule has 10 heavy (non-hydrogen) atoms. The molecule has 0 atom stereocenters. The van der Waals surface area contributed by atoms with E-state index in [4.69, 9.17) is 23.2 Å². The Morgan fingerprint density at radius 3 is 2.70 bits per heavy atom. The summed E-state index contributed by atoms with van der Waals surface area (Å²) in [5.41, 5.74) is 0.818. The van der Waals surface area contributed by atoms with Crippen molar-refractivity contribution in [2.45, 2.75) is 5.88 Å². The largest absolute Gasteiger partial charge is 0.246 e. The third kappa shape index (κ3) is 2.25. The lowest BCUT2D eigenvalue weighted by molar-refractivity contribution is 1.14. The zero-order valence-electron chi connectivity index (χ0n) is 4.94. The summed E-state index contributed by atoms with van der Waals surface area (Å²) in [6.45, 7) is 0. The lowest BCUT2D eigenvalue weighted by Gasteiger charge is -1.95. The van der Waals surface area contributed by atoms with Gasteiger partial charge in [-0.25, -0.2) is 4.98 Å². The number of halogens is 3. The van der Waals surface area contributed by atoms with Gasteiger partial charge in [-0.1, -0.05) is 11.6 Å². The van der Waals surface area contributed by atoms with Gasteiger partial charge < -0.3 is 0 Å². The van der Waals surface area contributed by atoms with Crippen molar-refractivity contribution in [1.29, 1.82) is 0 Å². The zero-order valence-corrected chi connectivity index (χ0v) is 8.61. The molecule has 0 N–H and O–H groups in total. The first-order valence-electron chi connectivity index (χ1n) is 2.60. The van der Waals surface area contributed by atoms with Crippen LogP contribution in [-0.2, 0) is 5.88 Å². The summed E-state index contributed by atoms with van der Waals surface area (Å²) >= 11 is 13.4. The van der Waals surface area contributed by atoms with E-state index in [0.29, 0.717) is 10.9 Å². The maximum Gasteiger partial charge on any atom is 0.103 e. The Bertz CT molecular complexity index is 219. The standard InChI is InChI=1S/C6H4Cl2IN/c7-3-5-1-4(8)2-6(9)10-5/h1-2H,3H2.